The second-order valence-corrected chi connectivity index (χ2v) is 9.34. The summed E-state index contributed by atoms with van der Waals surface area (Å²) in [4.78, 5) is 16.3. The van der Waals surface area contributed by atoms with Gasteiger partial charge in [0.15, 0.2) is 5.78 Å². The number of carbonyl (C=O) groups is 1. The van der Waals surface area contributed by atoms with Crippen molar-refractivity contribution >= 4 is 16.9 Å². The van der Waals surface area contributed by atoms with Gasteiger partial charge in [-0.3, -0.25) is 9.69 Å². The van der Waals surface area contributed by atoms with Crippen LogP contribution in [0, 0.1) is 0 Å². The van der Waals surface area contributed by atoms with Crippen LogP contribution in [0.5, 0.6) is 11.5 Å². The number of ketones is 1. The van der Waals surface area contributed by atoms with Gasteiger partial charge in [-0.15, -0.1) is 0 Å². The van der Waals surface area contributed by atoms with Crippen LogP contribution in [-0.2, 0) is 6.42 Å². The van der Waals surface area contributed by atoms with Crippen molar-refractivity contribution in [1.29, 1.82) is 0 Å². The predicted octanol–water partition coefficient (Wildman–Crippen LogP) is 6.30. The zero-order chi connectivity index (χ0) is 24.0. The van der Waals surface area contributed by atoms with Crippen LogP contribution in [0.15, 0.2) is 72.8 Å². The van der Waals surface area contributed by atoms with Gasteiger partial charge in [-0.2, -0.15) is 0 Å². The van der Waals surface area contributed by atoms with E-state index in [2.05, 4.69) is 35.2 Å². The van der Waals surface area contributed by atoms with E-state index in [1.165, 1.54) is 37.9 Å². The van der Waals surface area contributed by atoms with E-state index in [0.717, 1.165) is 53.2 Å². The average molecular weight is 468 g/mol. The van der Waals surface area contributed by atoms with E-state index < -0.39 is 0 Å². The number of likely N-dealkylation sites (tertiary alicyclic amines) is 1. The van der Waals surface area contributed by atoms with Crippen molar-refractivity contribution < 1.29 is 14.3 Å². The Labute approximate surface area is 208 Å². The van der Waals surface area contributed by atoms with E-state index in [1.54, 1.807) is 7.11 Å². The van der Waals surface area contributed by atoms with E-state index >= 15 is 0 Å². The summed E-state index contributed by atoms with van der Waals surface area (Å²) in [6, 6.07) is 23.9. The van der Waals surface area contributed by atoms with E-state index in [-0.39, 0.29) is 5.78 Å². The minimum Gasteiger partial charge on any atom is -0.497 e. The summed E-state index contributed by atoms with van der Waals surface area (Å²) in [6.45, 7) is 3.97. The molecule has 1 heterocycles. The van der Waals surface area contributed by atoms with Gasteiger partial charge in [-0.25, -0.2) is 0 Å². The molecule has 180 valence electrons. The first-order valence-electron chi connectivity index (χ1n) is 12.7. The zero-order valence-electron chi connectivity index (χ0n) is 20.5. The topological polar surface area (TPSA) is 38.8 Å². The largest absolute Gasteiger partial charge is 0.497 e. The minimum absolute atomic E-state index is 0.0582. The van der Waals surface area contributed by atoms with Gasteiger partial charge in [-0.1, -0.05) is 42.8 Å². The van der Waals surface area contributed by atoms with Gasteiger partial charge in [0.1, 0.15) is 18.1 Å². The van der Waals surface area contributed by atoms with Crippen molar-refractivity contribution in [2.24, 2.45) is 0 Å². The highest BCUT2D eigenvalue weighted by Crippen LogP contribution is 2.39. The molecule has 1 fully saturated rings. The van der Waals surface area contributed by atoms with Gasteiger partial charge in [0.05, 0.1) is 7.11 Å². The van der Waals surface area contributed by atoms with Crippen molar-refractivity contribution in [2.45, 2.75) is 32.1 Å². The Morgan fingerprint density at radius 1 is 0.829 bits per heavy atom. The van der Waals surface area contributed by atoms with E-state index in [0.29, 0.717) is 12.2 Å². The van der Waals surface area contributed by atoms with Crippen molar-refractivity contribution in [1.82, 2.24) is 4.90 Å². The molecule has 0 amide bonds. The molecule has 1 aliphatic heterocycles. The number of nitrogens with zero attached hydrogens (tertiary/aromatic N) is 1. The molecule has 3 aromatic carbocycles. The van der Waals surface area contributed by atoms with Crippen LogP contribution in [0.1, 0.15) is 52.7 Å². The number of Topliss-reactive ketones (excluding diaryl/α,β-unsaturated/α-hetero) is 1. The number of ether oxygens (including phenoxy) is 2. The van der Waals surface area contributed by atoms with Crippen LogP contribution in [0.25, 0.3) is 11.1 Å². The zero-order valence-corrected chi connectivity index (χ0v) is 20.5. The van der Waals surface area contributed by atoms with Crippen LogP contribution in [-0.4, -0.2) is 44.0 Å². The number of fused-ring (bicyclic) bond motifs is 1. The van der Waals surface area contributed by atoms with Gasteiger partial charge >= 0.3 is 0 Å². The summed E-state index contributed by atoms with van der Waals surface area (Å²) >= 11 is 0. The molecule has 35 heavy (non-hydrogen) atoms. The van der Waals surface area contributed by atoms with Gasteiger partial charge in [-0.05, 0) is 97.4 Å². The summed E-state index contributed by atoms with van der Waals surface area (Å²) in [7, 11) is 1.67. The molecule has 3 aromatic rings. The van der Waals surface area contributed by atoms with Crippen LogP contribution in [0.4, 0.5) is 0 Å². The van der Waals surface area contributed by atoms with Gasteiger partial charge < -0.3 is 9.47 Å². The number of hydrogen-bond donors (Lipinski definition) is 0. The molecule has 4 nitrogen and oxygen atoms in total. The third kappa shape index (κ3) is 5.33. The lowest BCUT2D eigenvalue weighted by molar-refractivity contribution is 0.105. The SMILES string of the molecule is COc1ccc(C2=C(C(=O)c3ccc(OCCN4CCCCC4)cc3)c3ccccc3CC2)cc1. The summed E-state index contributed by atoms with van der Waals surface area (Å²) in [5, 5.41) is 0. The lowest BCUT2D eigenvalue weighted by atomic mass is 9.79. The molecule has 1 aliphatic carbocycles. The Kier molecular flexibility index (Phi) is 7.29. The molecule has 0 aromatic heterocycles. The molecule has 0 unspecified atom stereocenters. The lowest BCUT2D eigenvalue weighted by Crippen LogP contribution is -2.33. The molecule has 5 rings (SSSR count). The number of carbonyl (C=O) groups excluding carboxylic acids is 1. The number of hydrogen-bond acceptors (Lipinski definition) is 4. The molecule has 0 saturated carbocycles. The second-order valence-electron chi connectivity index (χ2n) is 9.34. The number of benzene rings is 3. The Hall–Kier alpha value is -3.37. The van der Waals surface area contributed by atoms with E-state index in [4.69, 9.17) is 9.47 Å². The highest BCUT2D eigenvalue weighted by atomic mass is 16.5. The quantitative estimate of drug-likeness (QED) is 0.365. The predicted molar refractivity (Wildman–Crippen MR) is 141 cm³/mol. The summed E-state index contributed by atoms with van der Waals surface area (Å²) < 4.78 is 11.3. The molecular formula is C31H33NO3. The third-order valence-corrected chi connectivity index (χ3v) is 7.14. The Bertz CT molecular complexity index is 1190. The van der Waals surface area contributed by atoms with Gasteiger partial charge in [0.2, 0.25) is 0 Å². The van der Waals surface area contributed by atoms with Crippen LogP contribution < -0.4 is 9.47 Å². The van der Waals surface area contributed by atoms with E-state index in [9.17, 15) is 4.79 Å². The second kappa shape index (κ2) is 10.9. The molecule has 1 saturated heterocycles. The van der Waals surface area contributed by atoms with Crippen molar-refractivity contribution in [3.05, 3.63) is 95.1 Å². The Morgan fingerprint density at radius 3 is 2.29 bits per heavy atom. The van der Waals surface area contributed by atoms with Crippen molar-refractivity contribution in [3.63, 3.8) is 0 Å². The van der Waals surface area contributed by atoms with E-state index in [1.807, 2.05) is 42.5 Å². The third-order valence-electron chi connectivity index (χ3n) is 7.14. The maximum Gasteiger partial charge on any atom is 0.193 e. The molecule has 4 heteroatoms. The van der Waals surface area contributed by atoms with Crippen LogP contribution in [0.3, 0.4) is 0 Å². The summed E-state index contributed by atoms with van der Waals surface area (Å²) in [5.74, 6) is 1.68. The minimum atomic E-state index is 0.0582. The number of methoxy groups -OCH3 is 1. The molecule has 0 radical (unpaired) electrons. The normalized spacial score (nSPS) is 16.0. The molecule has 0 atom stereocenters. The fraction of sp³-hybridized carbons (Fsp3) is 0.323. The Balaban J connectivity index is 1.38. The molecule has 0 spiro atoms. The number of rotatable bonds is 8. The smallest absolute Gasteiger partial charge is 0.193 e. The summed E-state index contributed by atoms with van der Waals surface area (Å²) in [6.07, 6.45) is 5.68. The monoisotopic (exact) mass is 467 g/mol. The Morgan fingerprint density at radius 2 is 1.54 bits per heavy atom. The van der Waals surface area contributed by atoms with Gasteiger partial charge in [0, 0.05) is 17.7 Å². The standard InChI is InChI=1S/C31H33NO3/c1-34-26-14-9-24(10-15-26)29-18-13-23-7-3-4-8-28(23)30(29)31(33)25-11-16-27(17-12-25)35-22-21-32-19-5-2-6-20-32/h3-4,7-12,14-17H,2,5-6,13,18-22H2,1H3. The number of piperidine rings is 1. The first-order valence-corrected chi connectivity index (χ1v) is 12.7. The summed E-state index contributed by atoms with van der Waals surface area (Å²) in [5.41, 5.74) is 5.92. The fourth-order valence-corrected chi connectivity index (χ4v) is 5.19. The molecule has 0 bridgehead atoms. The molecule has 0 N–H and O–H groups in total. The maximum absolute atomic E-state index is 13.9. The van der Waals surface area contributed by atoms with Crippen molar-refractivity contribution in [3.8, 4) is 11.5 Å². The van der Waals surface area contributed by atoms with Crippen LogP contribution >= 0.6 is 0 Å². The highest BCUT2D eigenvalue weighted by Gasteiger charge is 2.26. The molecular weight excluding hydrogens is 434 g/mol. The lowest BCUT2D eigenvalue weighted by Gasteiger charge is -2.26. The highest BCUT2D eigenvalue weighted by molar-refractivity contribution is 6.35. The van der Waals surface area contributed by atoms with Gasteiger partial charge in [0.25, 0.3) is 0 Å². The number of aryl methyl sites for hydroxylation is 1. The first kappa shape index (κ1) is 23.4. The number of allylic oxidation sites excluding steroid dienone is 2. The maximum atomic E-state index is 13.9. The van der Waals surface area contributed by atoms with Crippen LogP contribution in [0.2, 0.25) is 0 Å². The molecule has 2 aliphatic rings. The fourth-order valence-electron chi connectivity index (χ4n) is 5.19. The van der Waals surface area contributed by atoms with Crippen molar-refractivity contribution in [2.75, 3.05) is 33.4 Å². The first-order chi connectivity index (χ1) is 17.2. The average Bonchev–Trinajstić information content (AvgIpc) is 2.93.